The first-order valence-corrected chi connectivity index (χ1v) is 14.5. The van der Waals surface area contributed by atoms with Crippen LogP contribution in [0, 0.1) is 0 Å². The molecule has 3 fully saturated rings. The van der Waals surface area contributed by atoms with Gasteiger partial charge in [0.1, 0.15) is 30.7 Å². The lowest BCUT2D eigenvalue weighted by molar-refractivity contribution is -0.146. The summed E-state index contributed by atoms with van der Waals surface area (Å²) in [6, 6.07) is -6.42. The second-order valence-corrected chi connectivity index (χ2v) is 11.0. The van der Waals surface area contributed by atoms with Gasteiger partial charge in [0.25, 0.3) is 0 Å². The van der Waals surface area contributed by atoms with Crippen molar-refractivity contribution in [3.63, 3.8) is 0 Å². The number of carbonyl (C=O) groups is 9. The minimum atomic E-state index is -1.60. The average molecular weight is 656 g/mol. The van der Waals surface area contributed by atoms with Crippen LogP contribution in [0.4, 0.5) is 0 Å². The SMILES string of the molecule is C[C@@H]1NC(=O)[C@H](CCC(=O)O)NC(=O)[C@@H]2CCCN2C(=O)[C@H](CC(=O)O)NC(=O)CN2O[C@@H]2[C@H](CCC(=O)O)NC(=O)CNC1=O. The number of aliphatic carboxylic acids is 3. The number of fused-ring (bicyclic) bond motifs is 2. The molecule has 254 valence electrons. The molecule has 6 amide bonds. The average Bonchev–Trinajstić information content (AvgIpc) is 3.54. The predicted molar refractivity (Wildman–Crippen MR) is 149 cm³/mol. The Balaban J connectivity index is 1.89. The highest BCUT2D eigenvalue weighted by molar-refractivity contribution is 5.97. The Labute approximate surface area is 261 Å². The van der Waals surface area contributed by atoms with Crippen LogP contribution in [-0.4, -0.2) is 135 Å². The minimum absolute atomic E-state index is 0.0222. The molecular formula is C26H37N7O13. The van der Waals surface area contributed by atoms with E-state index in [1.54, 1.807) is 0 Å². The van der Waals surface area contributed by atoms with Gasteiger partial charge in [0.15, 0.2) is 6.23 Å². The molecule has 8 N–H and O–H groups in total. The Morgan fingerprint density at radius 3 is 2.13 bits per heavy atom. The molecule has 3 aliphatic heterocycles. The van der Waals surface area contributed by atoms with Crippen molar-refractivity contribution < 1.29 is 63.3 Å². The van der Waals surface area contributed by atoms with Crippen LogP contribution in [0.15, 0.2) is 0 Å². The van der Waals surface area contributed by atoms with Crippen LogP contribution in [0.5, 0.6) is 0 Å². The molecule has 3 aliphatic rings. The Hall–Kier alpha value is -4.85. The molecule has 0 bridgehead atoms. The van der Waals surface area contributed by atoms with Crippen LogP contribution in [0.25, 0.3) is 0 Å². The van der Waals surface area contributed by atoms with E-state index in [-0.39, 0.29) is 32.2 Å². The van der Waals surface area contributed by atoms with Gasteiger partial charge in [0, 0.05) is 19.4 Å². The number of nitrogens with zero attached hydrogens (tertiary/aromatic N) is 2. The number of hydrogen-bond acceptors (Lipinski definition) is 11. The largest absolute Gasteiger partial charge is 0.481 e. The molecule has 0 aromatic carbocycles. The second kappa shape index (κ2) is 15.9. The molecule has 7 atom stereocenters. The number of nitrogens with one attached hydrogen (secondary N) is 5. The number of amides is 6. The van der Waals surface area contributed by atoms with E-state index in [0.717, 1.165) is 9.96 Å². The van der Waals surface area contributed by atoms with Gasteiger partial charge >= 0.3 is 17.9 Å². The smallest absolute Gasteiger partial charge is 0.305 e. The predicted octanol–water partition coefficient (Wildman–Crippen LogP) is -4.16. The Morgan fingerprint density at radius 1 is 0.804 bits per heavy atom. The number of hydroxylamine groups is 2. The molecule has 20 nitrogen and oxygen atoms in total. The highest BCUT2D eigenvalue weighted by Gasteiger charge is 2.46. The van der Waals surface area contributed by atoms with Crippen LogP contribution in [-0.2, 0) is 48.0 Å². The summed E-state index contributed by atoms with van der Waals surface area (Å²) in [6.45, 7) is 0.191. The van der Waals surface area contributed by atoms with Gasteiger partial charge in [0.2, 0.25) is 35.4 Å². The van der Waals surface area contributed by atoms with Gasteiger partial charge in [-0.3, -0.25) is 48.0 Å². The molecule has 0 saturated carbocycles. The zero-order valence-corrected chi connectivity index (χ0v) is 24.9. The van der Waals surface area contributed by atoms with Crippen molar-refractivity contribution in [1.82, 2.24) is 36.5 Å². The minimum Gasteiger partial charge on any atom is -0.481 e. The van der Waals surface area contributed by atoms with Crippen molar-refractivity contribution in [3.05, 3.63) is 0 Å². The van der Waals surface area contributed by atoms with Crippen molar-refractivity contribution in [2.45, 2.75) is 88.3 Å². The van der Waals surface area contributed by atoms with Crippen LogP contribution in [0.3, 0.4) is 0 Å². The number of rotatable bonds is 8. The third kappa shape index (κ3) is 10.4. The summed E-state index contributed by atoms with van der Waals surface area (Å²) in [7, 11) is 0. The standard InChI is InChI=1S/C26H37N7O13/c1-12-22(42)27-10-17(34)29-14(5-7-20(38)39)26-33(46-26)11-18(35)30-15(9-21(40)41)25(45)32-8-2-3-16(32)24(44)31-13(23(43)28-12)4-6-19(36)37/h12-16,26H,2-11H2,1H3,(H,27,42)(H,28,43)(H,29,34)(H,30,35)(H,31,44)(H,36,37)(H,38,39)(H,40,41)/t12-,13-,14-,15-,16-,26+,33?/m0/s1. The summed E-state index contributed by atoms with van der Waals surface area (Å²) in [4.78, 5) is 118. The fraction of sp³-hybridized carbons (Fsp3) is 0.654. The molecule has 46 heavy (non-hydrogen) atoms. The highest BCUT2D eigenvalue weighted by Crippen LogP contribution is 2.26. The Bertz CT molecular complexity index is 1260. The summed E-state index contributed by atoms with van der Waals surface area (Å²) < 4.78 is 0. The van der Waals surface area contributed by atoms with Gasteiger partial charge in [-0.1, -0.05) is 0 Å². The number of carboxylic acids is 3. The van der Waals surface area contributed by atoms with Gasteiger partial charge in [-0.15, -0.1) is 5.06 Å². The summed E-state index contributed by atoms with van der Waals surface area (Å²) in [5, 5.41) is 40.7. The molecule has 0 radical (unpaired) electrons. The first-order valence-electron chi connectivity index (χ1n) is 14.5. The molecule has 0 spiro atoms. The molecule has 3 saturated heterocycles. The zero-order chi connectivity index (χ0) is 34.1. The van der Waals surface area contributed by atoms with Crippen molar-refractivity contribution in [2.75, 3.05) is 19.6 Å². The summed E-state index contributed by atoms with van der Waals surface area (Å²) in [5.41, 5.74) is 0. The normalized spacial score (nSPS) is 29.8. The first-order chi connectivity index (χ1) is 21.7. The van der Waals surface area contributed by atoms with Crippen molar-refractivity contribution >= 4 is 53.4 Å². The second-order valence-electron chi connectivity index (χ2n) is 11.0. The van der Waals surface area contributed by atoms with E-state index in [9.17, 15) is 48.3 Å². The molecule has 0 aromatic heterocycles. The summed E-state index contributed by atoms with van der Waals surface area (Å²) >= 11 is 0. The number of carboxylic acid groups (broad SMARTS) is 3. The fourth-order valence-electron chi connectivity index (χ4n) is 5.10. The van der Waals surface area contributed by atoms with Crippen LogP contribution >= 0.6 is 0 Å². The number of carbonyl (C=O) groups excluding carboxylic acids is 6. The van der Waals surface area contributed by atoms with E-state index >= 15 is 0 Å². The molecular weight excluding hydrogens is 618 g/mol. The monoisotopic (exact) mass is 655 g/mol. The molecule has 0 aliphatic carbocycles. The van der Waals surface area contributed by atoms with Crippen LogP contribution in [0.2, 0.25) is 0 Å². The van der Waals surface area contributed by atoms with Gasteiger partial charge < -0.3 is 46.8 Å². The lowest BCUT2D eigenvalue weighted by atomic mass is 10.1. The van der Waals surface area contributed by atoms with Crippen LogP contribution < -0.4 is 26.6 Å². The van der Waals surface area contributed by atoms with E-state index in [0.29, 0.717) is 6.42 Å². The quantitative estimate of drug-likeness (QED) is 0.115. The van der Waals surface area contributed by atoms with Gasteiger partial charge in [-0.2, -0.15) is 0 Å². The van der Waals surface area contributed by atoms with Crippen molar-refractivity contribution in [2.24, 2.45) is 0 Å². The molecule has 0 aromatic rings. The molecule has 3 heterocycles. The van der Waals surface area contributed by atoms with Crippen molar-refractivity contribution in [3.8, 4) is 0 Å². The highest BCUT2D eigenvalue weighted by atomic mass is 16.8. The first kappa shape index (κ1) is 35.6. The summed E-state index contributed by atoms with van der Waals surface area (Å²) in [5.74, 6) is -8.91. The van der Waals surface area contributed by atoms with E-state index in [1.165, 1.54) is 6.92 Å². The maximum Gasteiger partial charge on any atom is 0.305 e. The lowest BCUT2D eigenvalue weighted by Gasteiger charge is -2.29. The third-order valence-corrected chi connectivity index (χ3v) is 7.45. The third-order valence-electron chi connectivity index (χ3n) is 7.45. The lowest BCUT2D eigenvalue weighted by Crippen LogP contribution is -2.58. The van der Waals surface area contributed by atoms with E-state index in [2.05, 4.69) is 26.6 Å². The maximum atomic E-state index is 13.5. The van der Waals surface area contributed by atoms with E-state index in [1.807, 2.05) is 0 Å². The maximum absolute atomic E-state index is 13.5. The number of hydrogen-bond donors (Lipinski definition) is 8. The molecule has 3 rings (SSSR count). The van der Waals surface area contributed by atoms with Crippen LogP contribution in [0.1, 0.15) is 51.9 Å². The zero-order valence-electron chi connectivity index (χ0n) is 24.9. The topological polar surface area (TPSA) is 293 Å². The van der Waals surface area contributed by atoms with Crippen molar-refractivity contribution in [1.29, 1.82) is 0 Å². The van der Waals surface area contributed by atoms with E-state index in [4.69, 9.17) is 15.1 Å². The summed E-state index contributed by atoms with van der Waals surface area (Å²) in [6.07, 6.45) is -2.77. The van der Waals surface area contributed by atoms with Gasteiger partial charge in [0.05, 0.1) is 19.0 Å². The van der Waals surface area contributed by atoms with E-state index < -0.39 is 116 Å². The van der Waals surface area contributed by atoms with Gasteiger partial charge in [-0.25, -0.2) is 0 Å². The Morgan fingerprint density at radius 2 is 1.48 bits per heavy atom. The van der Waals surface area contributed by atoms with Gasteiger partial charge in [-0.05, 0) is 32.6 Å². The molecule has 20 heteroatoms. The molecule has 1 unspecified atom stereocenters. The fourth-order valence-corrected chi connectivity index (χ4v) is 5.10. The Kier molecular flexibility index (Phi) is 12.3.